The second-order valence-electron chi connectivity index (χ2n) is 5.39. The van der Waals surface area contributed by atoms with Crippen molar-refractivity contribution in [1.29, 1.82) is 0 Å². The third kappa shape index (κ3) is 4.09. The van der Waals surface area contributed by atoms with Gasteiger partial charge in [0, 0.05) is 29.0 Å². The molecule has 1 N–H and O–H groups in total. The van der Waals surface area contributed by atoms with E-state index in [-0.39, 0.29) is 5.82 Å². The third-order valence-corrected chi connectivity index (χ3v) is 3.37. The summed E-state index contributed by atoms with van der Waals surface area (Å²) in [5.41, 5.74) is 1.80. The fraction of sp³-hybridized carbons (Fsp3) is 0.375. The normalized spacial score (nSPS) is 11.2. The Bertz CT molecular complexity index is 563. The maximum absolute atomic E-state index is 13.8. The van der Waals surface area contributed by atoms with Gasteiger partial charge < -0.3 is 9.88 Å². The summed E-state index contributed by atoms with van der Waals surface area (Å²) in [4.78, 5) is 0. The van der Waals surface area contributed by atoms with Crippen LogP contribution in [0.1, 0.15) is 25.1 Å². The number of rotatable bonds is 6. The quantitative estimate of drug-likeness (QED) is 0.849. The predicted molar refractivity (Wildman–Crippen MR) is 81.5 cm³/mol. The predicted octanol–water partition coefficient (Wildman–Crippen LogP) is 4.07. The van der Waals surface area contributed by atoms with Crippen molar-refractivity contribution in [3.05, 3.63) is 58.6 Å². The average Bonchev–Trinajstić information content (AvgIpc) is 2.80. The lowest BCUT2D eigenvalue weighted by molar-refractivity contribution is 0.536. The Morgan fingerprint density at radius 1 is 1.30 bits per heavy atom. The molecule has 0 aliphatic heterocycles. The number of nitrogens with one attached hydrogen (secondary N) is 1. The SMILES string of the molecule is CC(C)CNCc1cccn1Cc1ccc(Cl)cc1F. The van der Waals surface area contributed by atoms with E-state index in [0.29, 0.717) is 23.0 Å². The molecule has 2 rings (SSSR count). The van der Waals surface area contributed by atoms with E-state index in [2.05, 4.69) is 29.8 Å². The number of nitrogens with zero attached hydrogens (tertiary/aromatic N) is 1. The van der Waals surface area contributed by atoms with Gasteiger partial charge in [0.05, 0.1) is 6.54 Å². The van der Waals surface area contributed by atoms with E-state index in [1.807, 2.05) is 12.3 Å². The van der Waals surface area contributed by atoms with Crippen LogP contribution in [-0.4, -0.2) is 11.1 Å². The molecule has 0 saturated heterocycles. The first-order chi connectivity index (χ1) is 9.56. The lowest BCUT2D eigenvalue weighted by Crippen LogP contribution is -2.21. The smallest absolute Gasteiger partial charge is 0.129 e. The molecule has 2 nitrogen and oxygen atoms in total. The second-order valence-corrected chi connectivity index (χ2v) is 5.82. The van der Waals surface area contributed by atoms with Crippen molar-refractivity contribution in [1.82, 2.24) is 9.88 Å². The van der Waals surface area contributed by atoms with E-state index in [1.54, 1.807) is 12.1 Å². The van der Waals surface area contributed by atoms with Gasteiger partial charge in [0.25, 0.3) is 0 Å². The zero-order valence-electron chi connectivity index (χ0n) is 11.9. The number of hydrogen-bond acceptors (Lipinski definition) is 1. The van der Waals surface area contributed by atoms with Gasteiger partial charge in [-0.25, -0.2) is 4.39 Å². The Labute approximate surface area is 124 Å². The number of aromatic nitrogens is 1. The van der Waals surface area contributed by atoms with E-state index in [0.717, 1.165) is 18.8 Å². The molecule has 0 saturated carbocycles. The summed E-state index contributed by atoms with van der Waals surface area (Å²) >= 11 is 5.77. The molecular weight excluding hydrogens is 275 g/mol. The number of halogens is 2. The van der Waals surface area contributed by atoms with Gasteiger partial charge in [-0.05, 0) is 36.7 Å². The van der Waals surface area contributed by atoms with Gasteiger partial charge in [0.15, 0.2) is 0 Å². The van der Waals surface area contributed by atoms with E-state index < -0.39 is 0 Å². The van der Waals surface area contributed by atoms with Crippen molar-refractivity contribution >= 4 is 11.6 Å². The maximum Gasteiger partial charge on any atom is 0.129 e. The van der Waals surface area contributed by atoms with Gasteiger partial charge in [-0.3, -0.25) is 0 Å². The molecule has 1 aromatic heterocycles. The minimum Gasteiger partial charge on any atom is -0.346 e. The van der Waals surface area contributed by atoms with Crippen LogP contribution in [0.15, 0.2) is 36.5 Å². The Hall–Kier alpha value is -1.32. The van der Waals surface area contributed by atoms with Crippen molar-refractivity contribution in [2.24, 2.45) is 5.92 Å². The van der Waals surface area contributed by atoms with Gasteiger partial charge >= 0.3 is 0 Å². The monoisotopic (exact) mass is 294 g/mol. The van der Waals surface area contributed by atoms with E-state index in [1.165, 1.54) is 6.07 Å². The molecular formula is C16H20ClFN2. The molecule has 0 atom stereocenters. The summed E-state index contributed by atoms with van der Waals surface area (Å²) < 4.78 is 15.9. The van der Waals surface area contributed by atoms with Crippen molar-refractivity contribution in [3.8, 4) is 0 Å². The molecule has 0 radical (unpaired) electrons. The lowest BCUT2D eigenvalue weighted by Gasteiger charge is -2.12. The molecule has 108 valence electrons. The molecule has 0 aliphatic rings. The van der Waals surface area contributed by atoms with Gasteiger partial charge in [-0.1, -0.05) is 31.5 Å². The van der Waals surface area contributed by atoms with Crippen LogP contribution >= 0.6 is 11.6 Å². The summed E-state index contributed by atoms with van der Waals surface area (Å²) in [7, 11) is 0. The van der Waals surface area contributed by atoms with Crippen molar-refractivity contribution in [2.45, 2.75) is 26.9 Å². The van der Waals surface area contributed by atoms with Gasteiger partial charge in [-0.2, -0.15) is 0 Å². The second kappa shape index (κ2) is 6.91. The highest BCUT2D eigenvalue weighted by Crippen LogP contribution is 2.16. The van der Waals surface area contributed by atoms with Gasteiger partial charge in [0.2, 0.25) is 0 Å². The minimum atomic E-state index is -0.257. The highest BCUT2D eigenvalue weighted by Gasteiger charge is 2.06. The minimum absolute atomic E-state index is 0.257. The molecule has 0 unspecified atom stereocenters. The molecule has 0 fully saturated rings. The van der Waals surface area contributed by atoms with Crippen LogP contribution in [0.25, 0.3) is 0 Å². The Kier molecular flexibility index (Phi) is 5.21. The molecule has 0 spiro atoms. The molecule has 0 aliphatic carbocycles. The molecule has 0 bridgehead atoms. The van der Waals surface area contributed by atoms with Crippen LogP contribution in [0.4, 0.5) is 4.39 Å². The van der Waals surface area contributed by atoms with Crippen molar-refractivity contribution in [3.63, 3.8) is 0 Å². The molecule has 1 heterocycles. The highest BCUT2D eigenvalue weighted by atomic mass is 35.5. The van der Waals surface area contributed by atoms with Gasteiger partial charge in [0.1, 0.15) is 5.82 Å². The van der Waals surface area contributed by atoms with E-state index >= 15 is 0 Å². The maximum atomic E-state index is 13.8. The molecule has 4 heteroatoms. The van der Waals surface area contributed by atoms with E-state index in [4.69, 9.17) is 11.6 Å². The summed E-state index contributed by atoms with van der Waals surface area (Å²) in [6, 6.07) is 8.86. The van der Waals surface area contributed by atoms with Crippen LogP contribution in [0.5, 0.6) is 0 Å². The summed E-state index contributed by atoms with van der Waals surface area (Å²) in [6.07, 6.45) is 1.97. The van der Waals surface area contributed by atoms with Crippen molar-refractivity contribution < 1.29 is 4.39 Å². The molecule has 0 amide bonds. The third-order valence-electron chi connectivity index (χ3n) is 3.14. The standard InChI is InChI=1S/C16H20ClFN2/c1-12(2)9-19-10-15-4-3-7-20(15)11-13-5-6-14(17)8-16(13)18/h3-8,12,19H,9-11H2,1-2H3. The van der Waals surface area contributed by atoms with Crippen LogP contribution in [0, 0.1) is 11.7 Å². The van der Waals surface area contributed by atoms with E-state index in [9.17, 15) is 4.39 Å². The first kappa shape index (κ1) is 15.1. The topological polar surface area (TPSA) is 17.0 Å². The zero-order valence-corrected chi connectivity index (χ0v) is 12.6. The number of hydrogen-bond donors (Lipinski definition) is 1. The fourth-order valence-corrected chi connectivity index (χ4v) is 2.25. The Balaban J connectivity index is 2.04. The zero-order chi connectivity index (χ0) is 14.5. The number of benzene rings is 1. The molecule has 20 heavy (non-hydrogen) atoms. The molecule has 2 aromatic rings. The summed E-state index contributed by atoms with van der Waals surface area (Å²) in [5, 5.41) is 3.83. The summed E-state index contributed by atoms with van der Waals surface area (Å²) in [5.74, 6) is 0.361. The summed E-state index contributed by atoms with van der Waals surface area (Å²) in [6.45, 7) is 6.64. The van der Waals surface area contributed by atoms with Crippen molar-refractivity contribution in [2.75, 3.05) is 6.54 Å². The van der Waals surface area contributed by atoms with Crippen LogP contribution in [-0.2, 0) is 13.1 Å². The largest absolute Gasteiger partial charge is 0.346 e. The van der Waals surface area contributed by atoms with Gasteiger partial charge in [-0.15, -0.1) is 0 Å². The first-order valence-electron chi connectivity index (χ1n) is 6.85. The van der Waals surface area contributed by atoms with Crippen LogP contribution in [0.2, 0.25) is 5.02 Å². The first-order valence-corrected chi connectivity index (χ1v) is 7.22. The van der Waals surface area contributed by atoms with Crippen LogP contribution in [0.3, 0.4) is 0 Å². The Morgan fingerprint density at radius 3 is 2.80 bits per heavy atom. The fourth-order valence-electron chi connectivity index (χ4n) is 2.09. The average molecular weight is 295 g/mol. The molecule has 1 aromatic carbocycles. The van der Waals surface area contributed by atoms with Crippen LogP contribution < -0.4 is 5.32 Å². The highest BCUT2D eigenvalue weighted by molar-refractivity contribution is 6.30. The lowest BCUT2D eigenvalue weighted by atomic mass is 10.2. The Morgan fingerprint density at radius 2 is 2.10 bits per heavy atom.